The Labute approximate surface area is 226 Å². The van der Waals surface area contributed by atoms with Gasteiger partial charge in [-0.25, -0.2) is 4.39 Å². The van der Waals surface area contributed by atoms with Gasteiger partial charge in [0.1, 0.15) is 5.82 Å². The summed E-state index contributed by atoms with van der Waals surface area (Å²) in [4.78, 5) is 17.8. The van der Waals surface area contributed by atoms with E-state index in [1.165, 1.54) is 31.0 Å². The third-order valence-electron chi connectivity index (χ3n) is 6.52. The minimum atomic E-state index is -0.851. The predicted molar refractivity (Wildman–Crippen MR) is 149 cm³/mol. The highest BCUT2D eigenvalue weighted by Gasteiger charge is 2.28. The number of nitrogens with zero attached hydrogens (tertiary/aromatic N) is 1. The monoisotopic (exact) mass is 531 g/mol. The van der Waals surface area contributed by atoms with Crippen molar-refractivity contribution in [2.24, 2.45) is 0 Å². The molecule has 0 fully saturated rings. The van der Waals surface area contributed by atoms with Crippen LogP contribution in [0.3, 0.4) is 0 Å². The van der Waals surface area contributed by atoms with Crippen molar-refractivity contribution in [1.29, 1.82) is 0 Å². The molecular weight excluding hydrogens is 501 g/mol. The number of rotatable bonds is 11. The largest absolute Gasteiger partial charge is 0.504 e. The molecule has 4 aromatic rings. The van der Waals surface area contributed by atoms with Crippen molar-refractivity contribution in [3.63, 3.8) is 0 Å². The van der Waals surface area contributed by atoms with E-state index in [2.05, 4.69) is 4.98 Å². The molecule has 0 spiro atoms. The Morgan fingerprint density at radius 1 is 1.00 bits per heavy atom. The van der Waals surface area contributed by atoms with Crippen LogP contribution in [0.15, 0.2) is 91.3 Å². The first-order chi connectivity index (χ1) is 18.4. The number of carbonyl (C=O) groups excluding carboxylic acids is 1. The molecule has 0 saturated carbocycles. The molecule has 0 aliphatic carbocycles. The molecule has 0 bridgehead atoms. The van der Waals surface area contributed by atoms with Gasteiger partial charge < -0.3 is 14.9 Å². The number of methoxy groups -OCH3 is 1. The minimum Gasteiger partial charge on any atom is -0.504 e. The normalized spacial score (nSPS) is 13.5. The van der Waals surface area contributed by atoms with E-state index in [0.29, 0.717) is 11.3 Å². The molecule has 0 aliphatic heterocycles. The highest BCUT2D eigenvalue weighted by molar-refractivity contribution is 8.00. The van der Waals surface area contributed by atoms with E-state index in [0.717, 1.165) is 22.3 Å². The summed E-state index contributed by atoms with van der Waals surface area (Å²) in [6, 6.07) is 22.5. The van der Waals surface area contributed by atoms with Crippen molar-refractivity contribution < 1.29 is 24.1 Å². The number of aromatic hydroxyl groups is 1. The highest BCUT2D eigenvalue weighted by atomic mass is 32.2. The summed E-state index contributed by atoms with van der Waals surface area (Å²) >= 11 is 1.37. The fourth-order valence-electron chi connectivity index (χ4n) is 4.29. The van der Waals surface area contributed by atoms with Gasteiger partial charge in [0, 0.05) is 30.5 Å². The van der Waals surface area contributed by atoms with Crippen LogP contribution in [-0.4, -0.2) is 39.1 Å². The predicted octanol–water partition coefficient (Wildman–Crippen LogP) is 6.35. The van der Waals surface area contributed by atoms with E-state index in [9.17, 15) is 19.4 Å². The van der Waals surface area contributed by atoms with Gasteiger partial charge in [-0.3, -0.25) is 9.78 Å². The Kier molecular flexibility index (Phi) is 9.15. The number of aliphatic hydroxyl groups is 1. The number of ketones is 1. The molecule has 0 radical (unpaired) electrons. The second-order valence-corrected chi connectivity index (χ2v) is 10.3. The van der Waals surface area contributed by atoms with Crippen molar-refractivity contribution in [3.8, 4) is 22.6 Å². The summed E-state index contributed by atoms with van der Waals surface area (Å²) in [6.07, 6.45) is 2.91. The number of aliphatic hydroxyl groups excluding tert-OH is 1. The van der Waals surface area contributed by atoms with E-state index in [4.69, 9.17) is 4.74 Å². The Balaban J connectivity index is 1.53. The molecule has 5 nitrogen and oxygen atoms in total. The molecule has 1 aromatic heterocycles. The topological polar surface area (TPSA) is 79.7 Å². The smallest absolute Gasteiger partial charge is 0.160 e. The minimum absolute atomic E-state index is 0.0231. The number of benzene rings is 3. The number of hydrogen-bond donors (Lipinski definition) is 2. The third-order valence-corrected chi connectivity index (χ3v) is 8.06. The van der Waals surface area contributed by atoms with Gasteiger partial charge in [-0.2, -0.15) is 0 Å². The quantitative estimate of drug-likeness (QED) is 0.235. The molecule has 1 heterocycles. The number of phenolic OH excluding ortho intramolecular Hbond substituents is 1. The number of aromatic nitrogens is 1. The molecule has 0 unspecified atom stereocenters. The van der Waals surface area contributed by atoms with Crippen LogP contribution in [0.25, 0.3) is 11.1 Å². The first-order valence-corrected chi connectivity index (χ1v) is 13.3. The molecule has 0 saturated heterocycles. The second kappa shape index (κ2) is 12.7. The van der Waals surface area contributed by atoms with Gasteiger partial charge in [-0.15, -0.1) is 11.8 Å². The molecule has 4 rings (SSSR count). The lowest BCUT2D eigenvalue weighted by Gasteiger charge is -2.25. The zero-order chi connectivity index (χ0) is 27.1. The van der Waals surface area contributed by atoms with Crippen molar-refractivity contribution in [3.05, 3.63) is 114 Å². The van der Waals surface area contributed by atoms with Crippen LogP contribution >= 0.6 is 11.8 Å². The third kappa shape index (κ3) is 6.79. The van der Waals surface area contributed by atoms with Gasteiger partial charge in [-0.1, -0.05) is 55.5 Å². The van der Waals surface area contributed by atoms with Gasteiger partial charge >= 0.3 is 0 Å². The lowest BCUT2D eigenvalue weighted by atomic mass is 9.92. The number of thioether (sulfide) groups is 1. The fourth-order valence-corrected chi connectivity index (χ4v) is 5.59. The van der Waals surface area contributed by atoms with Crippen LogP contribution in [0.1, 0.15) is 35.6 Å². The van der Waals surface area contributed by atoms with Crippen LogP contribution in [0.5, 0.6) is 11.5 Å². The maximum atomic E-state index is 13.7. The maximum absolute atomic E-state index is 13.7. The van der Waals surface area contributed by atoms with Crippen molar-refractivity contribution >= 4 is 17.5 Å². The van der Waals surface area contributed by atoms with E-state index in [-0.39, 0.29) is 35.4 Å². The van der Waals surface area contributed by atoms with Crippen LogP contribution < -0.4 is 4.74 Å². The van der Waals surface area contributed by atoms with Crippen molar-refractivity contribution in [2.75, 3.05) is 12.9 Å². The average Bonchev–Trinajstić information content (AvgIpc) is 2.94. The number of halogens is 1. The number of pyridine rings is 1. The Morgan fingerprint density at radius 3 is 2.37 bits per heavy atom. The van der Waals surface area contributed by atoms with Gasteiger partial charge in [0.25, 0.3) is 0 Å². The lowest BCUT2D eigenvalue weighted by molar-refractivity contribution is -0.118. The highest BCUT2D eigenvalue weighted by Crippen LogP contribution is 2.36. The maximum Gasteiger partial charge on any atom is 0.160 e. The molecule has 38 heavy (non-hydrogen) atoms. The standard InChI is InChI=1S/C31H30FNO4S/c1-20(24-11-14-27(34)30(17-24)37-2)31(38-19-29(36)23-9-12-26(32)13-10-23)28(35)16-21-5-7-22(8-6-21)25-4-3-15-33-18-25/h3-15,17-18,20,29,31,34,36H,16,19H2,1-2H3/t20-,29+,31-/m1/s1. The summed E-state index contributed by atoms with van der Waals surface area (Å²) in [7, 11) is 1.48. The molecule has 196 valence electrons. The zero-order valence-electron chi connectivity index (χ0n) is 21.3. The number of carbonyl (C=O) groups is 1. The van der Waals surface area contributed by atoms with Crippen LogP contribution in [-0.2, 0) is 11.2 Å². The summed E-state index contributed by atoms with van der Waals surface area (Å²) in [5.41, 5.74) is 4.35. The number of phenols is 1. The number of Topliss-reactive ketones (excluding diaryl/α,β-unsaturated/α-hetero) is 1. The average molecular weight is 532 g/mol. The summed E-state index contributed by atoms with van der Waals surface area (Å²) in [6.45, 7) is 1.96. The van der Waals surface area contributed by atoms with Crippen LogP contribution in [0, 0.1) is 5.82 Å². The van der Waals surface area contributed by atoms with Crippen LogP contribution in [0.4, 0.5) is 4.39 Å². The summed E-state index contributed by atoms with van der Waals surface area (Å²) < 4.78 is 18.6. The Hall–Kier alpha value is -3.68. The number of ether oxygens (including phenoxy) is 1. The Morgan fingerprint density at radius 2 is 1.71 bits per heavy atom. The van der Waals surface area contributed by atoms with Crippen molar-refractivity contribution in [2.45, 2.75) is 30.6 Å². The first kappa shape index (κ1) is 27.4. The molecular formula is C31H30FNO4S. The molecule has 3 atom stereocenters. The Bertz CT molecular complexity index is 1350. The second-order valence-electron chi connectivity index (χ2n) is 9.12. The van der Waals surface area contributed by atoms with Crippen molar-refractivity contribution in [1.82, 2.24) is 4.98 Å². The van der Waals surface area contributed by atoms with Gasteiger partial charge in [0.05, 0.1) is 18.5 Å². The SMILES string of the molecule is COc1cc([C@@H](C)[C@@H](SC[C@H](O)c2ccc(F)cc2)C(=O)Cc2ccc(-c3cccnc3)cc2)ccc1O. The zero-order valence-corrected chi connectivity index (χ0v) is 22.1. The van der Waals surface area contributed by atoms with E-state index in [1.54, 1.807) is 42.7 Å². The molecule has 7 heteroatoms. The lowest BCUT2D eigenvalue weighted by Crippen LogP contribution is -2.26. The summed E-state index contributed by atoms with van der Waals surface area (Å²) in [5.74, 6) is 0.0575. The van der Waals surface area contributed by atoms with Gasteiger partial charge in [0.2, 0.25) is 0 Å². The van der Waals surface area contributed by atoms with E-state index < -0.39 is 11.4 Å². The number of hydrogen-bond acceptors (Lipinski definition) is 6. The van der Waals surface area contributed by atoms with E-state index >= 15 is 0 Å². The van der Waals surface area contributed by atoms with Gasteiger partial charge in [0.15, 0.2) is 17.3 Å². The summed E-state index contributed by atoms with van der Waals surface area (Å²) in [5, 5.41) is 20.3. The van der Waals surface area contributed by atoms with Gasteiger partial charge in [-0.05, 0) is 58.1 Å². The van der Waals surface area contributed by atoms with Crippen LogP contribution in [0.2, 0.25) is 0 Å². The first-order valence-electron chi connectivity index (χ1n) is 12.3. The fraction of sp³-hybridized carbons (Fsp3) is 0.226. The molecule has 0 amide bonds. The molecule has 3 aromatic carbocycles. The molecule has 0 aliphatic rings. The van der Waals surface area contributed by atoms with E-state index in [1.807, 2.05) is 43.3 Å². The molecule has 2 N–H and O–H groups in total.